The SMILES string of the molecule is CC12CCC3C(CCC4CC(=NNOCCN)CCC43C)C1CCC2=O. The van der Waals surface area contributed by atoms with E-state index in [9.17, 15) is 4.79 Å². The zero-order valence-electron chi connectivity index (χ0n) is 16.4. The molecule has 4 rings (SSSR count). The molecule has 3 N–H and O–H groups in total. The number of nitrogens with zero attached hydrogens (tertiary/aromatic N) is 1. The van der Waals surface area contributed by atoms with E-state index in [4.69, 9.17) is 10.6 Å². The van der Waals surface area contributed by atoms with Crippen LogP contribution in [0.25, 0.3) is 0 Å². The van der Waals surface area contributed by atoms with Crippen molar-refractivity contribution in [2.45, 2.75) is 71.6 Å². The molecule has 4 fully saturated rings. The largest absolute Gasteiger partial charge is 0.328 e. The van der Waals surface area contributed by atoms with E-state index in [1.807, 2.05) is 0 Å². The molecule has 0 aliphatic heterocycles. The number of rotatable bonds is 4. The van der Waals surface area contributed by atoms with Gasteiger partial charge in [0.2, 0.25) is 0 Å². The number of hydrazone groups is 1. The summed E-state index contributed by atoms with van der Waals surface area (Å²) in [5.74, 6) is 3.50. The molecule has 0 spiro atoms. The summed E-state index contributed by atoms with van der Waals surface area (Å²) in [4.78, 5) is 17.7. The minimum Gasteiger partial charge on any atom is -0.328 e. The molecule has 4 saturated carbocycles. The lowest BCUT2D eigenvalue weighted by atomic mass is 9.45. The highest BCUT2D eigenvalue weighted by atomic mass is 16.7. The van der Waals surface area contributed by atoms with Crippen LogP contribution in [-0.4, -0.2) is 24.6 Å². The number of nitrogens with one attached hydrogen (secondary N) is 1. The lowest BCUT2D eigenvalue weighted by Crippen LogP contribution is -2.53. The summed E-state index contributed by atoms with van der Waals surface area (Å²) < 4.78 is 0. The zero-order chi connectivity index (χ0) is 18.4. The van der Waals surface area contributed by atoms with Crippen LogP contribution < -0.4 is 11.3 Å². The van der Waals surface area contributed by atoms with E-state index < -0.39 is 0 Å². The molecule has 6 unspecified atom stereocenters. The molecule has 5 heteroatoms. The van der Waals surface area contributed by atoms with Crippen LogP contribution in [0.2, 0.25) is 0 Å². The minimum absolute atomic E-state index is 0.00407. The molecule has 0 saturated heterocycles. The first-order chi connectivity index (χ1) is 12.5. The molecule has 4 aliphatic rings. The molecule has 4 aliphatic carbocycles. The van der Waals surface area contributed by atoms with Crippen molar-refractivity contribution in [2.75, 3.05) is 13.2 Å². The van der Waals surface area contributed by atoms with E-state index in [0.29, 0.717) is 30.3 Å². The van der Waals surface area contributed by atoms with Gasteiger partial charge in [0.15, 0.2) is 0 Å². The van der Waals surface area contributed by atoms with Gasteiger partial charge in [-0.25, -0.2) is 0 Å². The molecule has 5 nitrogen and oxygen atoms in total. The number of hydrogen-bond acceptors (Lipinski definition) is 5. The Kier molecular flexibility index (Phi) is 4.89. The maximum Gasteiger partial charge on any atom is 0.139 e. The van der Waals surface area contributed by atoms with Crippen LogP contribution in [0.5, 0.6) is 0 Å². The highest BCUT2D eigenvalue weighted by molar-refractivity contribution is 5.87. The Balaban J connectivity index is 1.46. The van der Waals surface area contributed by atoms with Gasteiger partial charge in [-0.15, -0.1) is 0 Å². The van der Waals surface area contributed by atoms with E-state index in [1.54, 1.807) is 0 Å². The highest BCUT2D eigenvalue weighted by Gasteiger charge is 2.59. The van der Waals surface area contributed by atoms with Crippen molar-refractivity contribution >= 4 is 11.5 Å². The average molecular weight is 362 g/mol. The van der Waals surface area contributed by atoms with Crippen LogP contribution in [0.1, 0.15) is 71.6 Å². The maximum atomic E-state index is 12.5. The Labute approximate surface area is 157 Å². The molecular formula is C21H35N3O2. The Morgan fingerprint density at radius 3 is 2.81 bits per heavy atom. The molecule has 146 valence electrons. The number of Topliss-reactive ketones (excluding diaryl/α,β-unsaturated/α-hetero) is 1. The van der Waals surface area contributed by atoms with Crippen LogP contribution in [0.4, 0.5) is 0 Å². The van der Waals surface area contributed by atoms with Gasteiger partial charge < -0.3 is 5.73 Å². The van der Waals surface area contributed by atoms with Crippen LogP contribution in [0, 0.1) is 34.5 Å². The summed E-state index contributed by atoms with van der Waals surface area (Å²) >= 11 is 0. The third kappa shape index (κ3) is 2.82. The third-order valence-electron chi connectivity index (χ3n) is 8.70. The summed E-state index contributed by atoms with van der Waals surface area (Å²) in [6, 6.07) is 0. The van der Waals surface area contributed by atoms with E-state index in [-0.39, 0.29) is 5.41 Å². The molecule has 6 atom stereocenters. The number of carbonyl (C=O) groups is 1. The number of carbonyl (C=O) groups excluding carboxylic acids is 1. The van der Waals surface area contributed by atoms with Crippen molar-refractivity contribution in [3.63, 3.8) is 0 Å². The molecular weight excluding hydrogens is 326 g/mol. The lowest BCUT2D eigenvalue weighted by Gasteiger charge is -2.59. The molecule has 0 bridgehead atoms. The van der Waals surface area contributed by atoms with Crippen molar-refractivity contribution < 1.29 is 9.63 Å². The normalized spacial score (nSPS) is 46.6. The standard InChI is InChI=1S/C21H35N3O2/c1-20-9-7-15(23-24-26-12-11-22)13-14(20)3-4-16-17-5-6-19(25)21(17,2)10-8-18(16)20/h14,16-18,24H,3-13,22H2,1-2H3. The molecule has 0 aromatic carbocycles. The molecule has 0 aromatic heterocycles. The first-order valence-electron chi connectivity index (χ1n) is 10.6. The number of fused-ring (bicyclic) bond motifs is 5. The fraction of sp³-hybridized carbons (Fsp3) is 0.905. The average Bonchev–Trinajstić information content (AvgIpc) is 2.94. The monoisotopic (exact) mass is 361 g/mol. The van der Waals surface area contributed by atoms with Gasteiger partial charge in [-0.3, -0.25) is 9.63 Å². The van der Waals surface area contributed by atoms with Crippen LogP contribution in [-0.2, 0) is 9.63 Å². The van der Waals surface area contributed by atoms with Gasteiger partial charge >= 0.3 is 0 Å². The Hall–Kier alpha value is -0.940. The van der Waals surface area contributed by atoms with Crippen molar-refractivity contribution in [3.05, 3.63) is 0 Å². The Morgan fingerprint density at radius 1 is 1.15 bits per heavy atom. The van der Waals surface area contributed by atoms with Gasteiger partial charge in [0, 0.05) is 24.1 Å². The van der Waals surface area contributed by atoms with E-state index >= 15 is 0 Å². The van der Waals surface area contributed by atoms with Crippen molar-refractivity contribution in [3.8, 4) is 0 Å². The van der Waals surface area contributed by atoms with Crippen molar-refractivity contribution in [2.24, 2.45) is 45.3 Å². The Morgan fingerprint density at radius 2 is 2.00 bits per heavy atom. The summed E-state index contributed by atoms with van der Waals surface area (Å²) in [5, 5.41) is 4.47. The predicted octanol–water partition coefficient (Wildman–Crippen LogP) is 3.43. The molecule has 0 radical (unpaired) electrons. The van der Waals surface area contributed by atoms with Crippen molar-refractivity contribution in [1.29, 1.82) is 0 Å². The maximum absolute atomic E-state index is 12.5. The topological polar surface area (TPSA) is 76.7 Å². The van der Waals surface area contributed by atoms with E-state index in [0.717, 1.165) is 49.9 Å². The van der Waals surface area contributed by atoms with Gasteiger partial charge in [-0.2, -0.15) is 10.7 Å². The summed E-state index contributed by atoms with van der Waals surface area (Å²) in [5.41, 5.74) is 9.84. The van der Waals surface area contributed by atoms with Gasteiger partial charge in [0.05, 0.1) is 6.61 Å². The number of hydrogen-bond donors (Lipinski definition) is 2. The summed E-state index contributed by atoms with van der Waals surface area (Å²) in [7, 11) is 0. The van der Waals surface area contributed by atoms with Gasteiger partial charge in [0.1, 0.15) is 5.78 Å². The first kappa shape index (κ1) is 18.4. The predicted molar refractivity (Wildman–Crippen MR) is 102 cm³/mol. The zero-order valence-corrected chi connectivity index (χ0v) is 16.4. The van der Waals surface area contributed by atoms with Gasteiger partial charge in [-0.1, -0.05) is 13.8 Å². The number of nitrogens with two attached hydrogens (primary N) is 1. The summed E-state index contributed by atoms with van der Waals surface area (Å²) in [6.07, 6.45) is 10.3. The van der Waals surface area contributed by atoms with Crippen LogP contribution >= 0.6 is 0 Å². The minimum atomic E-state index is -0.00407. The fourth-order valence-electron chi connectivity index (χ4n) is 7.13. The van der Waals surface area contributed by atoms with Gasteiger partial charge in [-0.05, 0) is 80.5 Å². The van der Waals surface area contributed by atoms with E-state index in [1.165, 1.54) is 31.4 Å². The molecule has 0 aromatic rings. The summed E-state index contributed by atoms with van der Waals surface area (Å²) in [6.45, 7) is 5.81. The molecule has 0 heterocycles. The fourth-order valence-corrected chi connectivity index (χ4v) is 7.13. The second kappa shape index (κ2) is 6.90. The molecule has 26 heavy (non-hydrogen) atoms. The van der Waals surface area contributed by atoms with Gasteiger partial charge in [0.25, 0.3) is 0 Å². The smallest absolute Gasteiger partial charge is 0.139 e. The quantitative estimate of drug-likeness (QED) is 0.594. The second-order valence-electron chi connectivity index (χ2n) is 9.69. The van der Waals surface area contributed by atoms with E-state index in [2.05, 4.69) is 24.5 Å². The van der Waals surface area contributed by atoms with Crippen molar-refractivity contribution in [1.82, 2.24) is 5.59 Å². The van der Waals surface area contributed by atoms with Crippen LogP contribution in [0.15, 0.2) is 5.10 Å². The van der Waals surface area contributed by atoms with Crippen LogP contribution in [0.3, 0.4) is 0 Å². The Bertz CT molecular complexity index is 592. The highest BCUT2D eigenvalue weighted by Crippen LogP contribution is 2.65. The lowest BCUT2D eigenvalue weighted by molar-refractivity contribution is -0.136. The number of ketones is 1. The second-order valence-corrected chi connectivity index (χ2v) is 9.69. The third-order valence-corrected chi connectivity index (χ3v) is 8.70. The first-order valence-corrected chi connectivity index (χ1v) is 10.6. The molecule has 0 amide bonds.